The monoisotopic (exact) mass is 282 g/mol. The molecule has 0 saturated carbocycles. The van der Waals surface area contributed by atoms with Crippen molar-refractivity contribution in [3.05, 3.63) is 29.8 Å². The summed E-state index contributed by atoms with van der Waals surface area (Å²) in [6, 6.07) is 5.83. The molecule has 19 heavy (non-hydrogen) atoms. The van der Waals surface area contributed by atoms with Crippen LogP contribution in [0.25, 0.3) is 0 Å². The Morgan fingerprint density at radius 1 is 1.32 bits per heavy atom. The summed E-state index contributed by atoms with van der Waals surface area (Å²) in [5.74, 6) is -2.54. The molecular weight excluding hydrogens is 268 g/mol. The first-order chi connectivity index (χ1) is 8.95. The third-order valence-electron chi connectivity index (χ3n) is 2.42. The topological polar surface area (TPSA) is 80.7 Å². The molecule has 0 amide bonds. The molecule has 1 N–H and O–H groups in total. The fourth-order valence-electron chi connectivity index (χ4n) is 1.49. The van der Waals surface area contributed by atoms with Crippen LogP contribution in [0.15, 0.2) is 24.3 Å². The van der Waals surface area contributed by atoms with Crippen molar-refractivity contribution in [2.45, 2.75) is 13.3 Å². The number of thiol groups is 1. The third-order valence-corrected chi connectivity index (χ3v) is 2.86. The van der Waals surface area contributed by atoms with E-state index in [0.717, 1.165) is 0 Å². The van der Waals surface area contributed by atoms with E-state index >= 15 is 0 Å². The molecule has 0 bridgehead atoms. The van der Waals surface area contributed by atoms with Crippen molar-refractivity contribution in [1.29, 1.82) is 0 Å². The number of carboxylic acids is 1. The van der Waals surface area contributed by atoms with Gasteiger partial charge < -0.3 is 14.6 Å². The molecule has 0 aromatic heterocycles. The molecule has 0 aliphatic heterocycles. The van der Waals surface area contributed by atoms with Crippen LogP contribution in [0.1, 0.15) is 23.7 Å². The smallest absolute Gasteiger partial charge is 0.339 e. The van der Waals surface area contributed by atoms with E-state index in [2.05, 4.69) is 12.6 Å². The van der Waals surface area contributed by atoms with Gasteiger partial charge in [-0.3, -0.25) is 4.79 Å². The summed E-state index contributed by atoms with van der Waals surface area (Å²) >= 11 is 3.99. The van der Waals surface area contributed by atoms with E-state index in [9.17, 15) is 14.4 Å². The zero-order chi connectivity index (χ0) is 14.4. The molecular formula is C13H14O5S. The molecule has 5 nitrogen and oxygen atoms in total. The van der Waals surface area contributed by atoms with Crippen molar-refractivity contribution < 1.29 is 24.2 Å². The highest BCUT2D eigenvalue weighted by atomic mass is 32.1. The maximum atomic E-state index is 11.8. The van der Waals surface area contributed by atoms with Crippen LogP contribution in [0.3, 0.4) is 0 Å². The number of rotatable bonds is 6. The third kappa shape index (κ3) is 4.40. The van der Waals surface area contributed by atoms with E-state index in [1.807, 2.05) is 0 Å². The van der Waals surface area contributed by atoms with Crippen molar-refractivity contribution >= 4 is 30.4 Å². The minimum atomic E-state index is -1.18. The summed E-state index contributed by atoms with van der Waals surface area (Å²) in [6.07, 6.45) is 0.0254. The first-order valence-electron chi connectivity index (χ1n) is 5.60. The van der Waals surface area contributed by atoms with Gasteiger partial charge in [-0.05, 0) is 19.1 Å². The molecule has 6 heteroatoms. The zero-order valence-electron chi connectivity index (χ0n) is 10.3. The first-order valence-corrected chi connectivity index (χ1v) is 6.23. The Labute approximate surface area is 116 Å². The van der Waals surface area contributed by atoms with E-state index in [4.69, 9.17) is 9.84 Å². The molecule has 0 spiro atoms. The Bertz CT molecular complexity index is 498. The molecule has 0 saturated heterocycles. The Balaban J connectivity index is 2.87. The Morgan fingerprint density at radius 3 is 2.47 bits per heavy atom. The SMILES string of the molecule is CC(=O)CC(CS)C(=O)Oc1ccccc1C(=O)O. The quantitative estimate of drug-likeness (QED) is 0.472. The number of esters is 1. The molecule has 0 radical (unpaired) electrons. The Kier molecular flexibility index (Phi) is 5.57. The molecule has 1 aromatic carbocycles. The van der Waals surface area contributed by atoms with Gasteiger partial charge in [-0.1, -0.05) is 12.1 Å². The zero-order valence-corrected chi connectivity index (χ0v) is 11.2. The van der Waals surface area contributed by atoms with Gasteiger partial charge in [0.1, 0.15) is 17.1 Å². The standard InChI is InChI=1S/C13H14O5S/c1-8(14)6-9(7-19)13(17)18-11-5-3-2-4-10(11)12(15)16/h2-5,9,19H,6-7H2,1H3,(H,15,16). The second-order valence-corrected chi connectivity index (χ2v) is 4.37. The number of Topliss-reactive ketones (excluding diaryl/α,β-unsaturated/α-hetero) is 1. The summed E-state index contributed by atoms with van der Waals surface area (Å²) in [5.41, 5.74) is -0.100. The van der Waals surface area contributed by atoms with Gasteiger partial charge in [0.05, 0.1) is 5.92 Å². The van der Waals surface area contributed by atoms with Crippen LogP contribution in [-0.2, 0) is 9.59 Å². The van der Waals surface area contributed by atoms with E-state index in [1.54, 1.807) is 6.07 Å². The summed E-state index contributed by atoms with van der Waals surface area (Å²) in [4.78, 5) is 33.8. The number of para-hydroxylation sites is 1. The highest BCUT2D eigenvalue weighted by molar-refractivity contribution is 7.80. The number of aromatic carboxylic acids is 1. The van der Waals surface area contributed by atoms with Gasteiger partial charge in [-0.15, -0.1) is 0 Å². The Hall–Kier alpha value is -1.82. The van der Waals surface area contributed by atoms with Gasteiger partial charge in [0.15, 0.2) is 0 Å². The molecule has 1 unspecified atom stereocenters. The summed E-state index contributed by atoms with van der Waals surface area (Å²) in [6.45, 7) is 1.37. The van der Waals surface area contributed by atoms with E-state index in [0.29, 0.717) is 0 Å². The van der Waals surface area contributed by atoms with Crippen LogP contribution >= 0.6 is 12.6 Å². The van der Waals surface area contributed by atoms with Gasteiger partial charge in [0.2, 0.25) is 0 Å². The van der Waals surface area contributed by atoms with Crippen LogP contribution in [0, 0.1) is 5.92 Å². The Morgan fingerprint density at radius 2 is 1.95 bits per heavy atom. The first kappa shape index (κ1) is 15.2. The number of ketones is 1. The molecule has 0 heterocycles. The van der Waals surface area contributed by atoms with E-state index in [-0.39, 0.29) is 29.3 Å². The van der Waals surface area contributed by atoms with Crippen LogP contribution in [0.2, 0.25) is 0 Å². The highest BCUT2D eigenvalue weighted by Gasteiger charge is 2.22. The summed E-state index contributed by atoms with van der Waals surface area (Å²) in [5, 5.41) is 8.96. The van der Waals surface area contributed by atoms with E-state index in [1.165, 1.54) is 25.1 Å². The second-order valence-electron chi connectivity index (χ2n) is 4.01. The van der Waals surface area contributed by atoms with Crippen LogP contribution < -0.4 is 4.74 Å². The second kappa shape index (κ2) is 6.94. The predicted octanol–water partition coefficient (Wildman–Crippen LogP) is 1.82. The highest BCUT2D eigenvalue weighted by Crippen LogP contribution is 2.20. The number of ether oxygens (including phenoxy) is 1. The maximum Gasteiger partial charge on any atom is 0.339 e. The molecule has 102 valence electrons. The lowest BCUT2D eigenvalue weighted by Gasteiger charge is -2.13. The minimum Gasteiger partial charge on any atom is -0.478 e. The van der Waals surface area contributed by atoms with Crippen molar-refractivity contribution in [3.8, 4) is 5.75 Å². The largest absolute Gasteiger partial charge is 0.478 e. The van der Waals surface area contributed by atoms with Crippen molar-refractivity contribution in [2.75, 3.05) is 5.75 Å². The fraction of sp³-hybridized carbons (Fsp3) is 0.308. The molecule has 0 aliphatic rings. The molecule has 0 fully saturated rings. The van der Waals surface area contributed by atoms with Crippen LogP contribution in [0.5, 0.6) is 5.75 Å². The van der Waals surface area contributed by atoms with Gasteiger partial charge in [-0.2, -0.15) is 12.6 Å². The lowest BCUT2D eigenvalue weighted by molar-refractivity contribution is -0.140. The van der Waals surface area contributed by atoms with E-state index < -0.39 is 17.9 Å². The van der Waals surface area contributed by atoms with Crippen molar-refractivity contribution in [3.63, 3.8) is 0 Å². The summed E-state index contributed by atoms with van der Waals surface area (Å²) in [7, 11) is 0. The number of carboxylic acid groups (broad SMARTS) is 1. The number of hydrogen-bond acceptors (Lipinski definition) is 5. The molecule has 1 rings (SSSR count). The minimum absolute atomic E-state index is 0.0254. The lowest BCUT2D eigenvalue weighted by atomic mass is 10.1. The van der Waals surface area contributed by atoms with Crippen LogP contribution in [0.4, 0.5) is 0 Å². The van der Waals surface area contributed by atoms with Crippen molar-refractivity contribution in [1.82, 2.24) is 0 Å². The molecule has 1 atom stereocenters. The van der Waals surface area contributed by atoms with Gasteiger partial charge >= 0.3 is 11.9 Å². The number of carbonyl (C=O) groups is 3. The fourth-order valence-corrected chi connectivity index (χ4v) is 1.77. The molecule has 0 aliphatic carbocycles. The normalized spacial score (nSPS) is 11.7. The average Bonchev–Trinajstić information content (AvgIpc) is 2.35. The van der Waals surface area contributed by atoms with Gasteiger partial charge in [0.25, 0.3) is 0 Å². The predicted molar refractivity (Wildman–Crippen MR) is 71.7 cm³/mol. The number of benzene rings is 1. The molecule has 1 aromatic rings. The number of hydrogen-bond donors (Lipinski definition) is 2. The van der Waals surface area contributed by atoms with Crippen LogP contribution in [-0.4, -0.2) is 28.6 Å². The number of carbonyl (C=O) groups excluding carboxylic acids is 2. The lowest BCUT2D eigenvalue weighted by Crippen LogP contribution is -2.24. The van der Waals surface area contributed by atoms with Crippen molar-refractivity contribution in [2.24, 2.45) is 5.92 Å². The van der Waals surface area contributed by atoms with Gasteiger partial charge in [-0.25, -0.2) is 4.79 Å². The van der Waals surface area contributed by atoms with Gasteiger partial charge in [0, 0.05) is 12.2 Å². The average molecular weight is 282 g/mol. The summed E-state index contributed by atoms with van der Waals surface area (Å²) < 4.78 is 5.04. The maximum absolute atomic E-state index is 11.8.